The number of benzene rings is 1. The number of hydrogen-bond acceptors (Lipinski definition) is 2. The Hall–Kier alpha value is -1.36. The van der Waals surface area contributed by atoms with Crippen molar-refractivity contribution in [2.75, 3.05) is 25.9 Å². The zero-order valence-corrected chi connectivity index (χ0v) is 16.2. The summed E-state index contributed by atoms with van der Waals surface area (Å²) in [6, 6.07) is 8.39. The van der Waals surface area contributed by atoms with Crippen LogP contribution in [0.15, 0.2) is 29.3 Å². The van der Waals surface area contributed by atoms with Crippen LogP contribution in [-0.2, 0) is 17.3 Å². The average Bonchev–Trinajstić information content (AvgIpc) is 2.47. The molecule has 1 rings (SSSR count). The van der Waals surface area contributed by atoms with Gasteiger partial charge in [0, 0.05) is 41.4 Å². The molecule has 23 heavy (non-hydrogen) atoms. The summed E-state index contributed by atoms with van der Waals surface area (Å²) >= 11 is 0. The molecule has 0 aliphatic carbocycles. The summed E-state index contributed by atoms with van der Waals surface area (Å²) < 4.78 is 11.9. The molecule has 0 aliphatic rings. The predicted molar refractivity (Wildman–Crippen MR) is 101 cm³/mol. The molecule has 0 spiro atoms. The van der Waals surface area contributed by atoms with Gasteiger partial charge in [0.05, 0.1) is 6.54 Å². The Morgan fingerprint density at radius 2 is 1.96 bits per heavy atom. The summed E-state index contributed by atoms with van der Waals surface area (Å²) in [6.07, 6.45) is 0. The van der Waals surface area contributed by atoms with Crippen molar-refractivity contribution in [1.29, 1.82) is 0 Å². The highest BCUT2D eigenvalue weighted by Crippen LogP contribution is 2.11. The van der Waals surface area contributed by atoms with Crippen LogP contribution in [-0.4, -0.2) is 45.7 Å². The van der Waals surface area contributed by atoms with E-state index in [2.05, 4.69) is 53.3 Å². The second-order valence-electron chi connectivity index (χ2n) is 6.68. The highest BCUT2D eigenvalue weighted by molar-refractivity contribution is 7.86. The van der Waals surface area contributed by atoms with Crippen LogP contribution >= 0.6 is 0 Å². The summed E-state index contributed by atoms with van der Waals surface area (Å²) in [5.74, 6) is 1.46. The lowest BCUT2D eigenvalue weighted by Gasteiger charge is -2.23. The SMILES string of the molecule is CCNC(=NCCS(=O)C(C)(C)C)N(C)Cc1ccccc1C. The molecule has 0 fully saturated rings. The topological polar surface area (TPSA) is 44.7 Å². The van der Waals surface area contributed by atoms with Crippen LogP contribution in [0.5, 0.6) is 0 Å². The lowest BCUT2D eigenvalue weighted by molar-refractivity contribution is 0.476. The van der Waals surface area contributed by atoms with E-state index >= 15 is 0 Å². The van der Waals surface area contributed by atoms with Crippen molar-refractivity contribution in [3.8, 4) is 0 Å². The Kier molecular flexibility index (Phi) is 7.76. The first-order valence-electron chi connectivity index (χ1n) is 8.18. The maximum Gasteiger partial charge on any atom is 0.193 e. The van der Waals surface area contributed by atoms with Crippen LogP contribution in [0.4, 0.5) is 0 Å². The second-order valence-corrected chi connectivity index (χ2v) is 9.00. The third-order valence-electron chi connectivity index (χ3n) is 3.59. The molecule has 0 saturated heterocycles. The molecular weight excluding hydrogens is 306 g/mol. The number of rotatable bonds is 6. The van der Waals surface area contributed by atoms with Gasteiger partial charge in [-0.3, -0.25) is 9.20 Å². The number of guanidine groups is 1. The van der Waals surface area contributed by atoms with Gasteiger partial charge in [-0.2, -0.15) is 0 Å². The normalized spacial score (nSPS) is 13.7. The van der Waals surface area contributed by atoms with Gasteiger partial charge in [-0.15, -0.1) is 0 Å². The first-order valence-corrected chi connectivity index (χ1v) is 9.50. The number of aryl methyl sites for hydroxylation is 1. The number of nitrogens with one attached hydrogen (secondary N) is 1. The van der Waals surface area contributed by atoms with Crippen molar-refractivity contribution in [3.05, 3.63) is 35.4 Å². The number of aliphatic imine (C=N–C) groups is 1. The first kappa shape index (κ1) is 19.7. The van der Waals surface area contributed by atoms with Crippen molar-refractivity contribution < 1.29 is 4.21 Å². The van der Waals surface area contributed by atoms with E-state index in [0.717, 1.165) is 19.0 Å². The zero-order valence-electron chi connectivity index (χ0n) is 15.3. The summed E-state index contributed by atoms with van der Waals surface area (Å²) in [5.41, 5.74) is 2.57. The smallest absolute Gasteiger partial charge is 0.193 e. The summed E-state index contributed by atoms with van der Waals surface area (Å²) in [4.78, 5) is 6.75. The lowest BCUT2D eigenvalue weighted by Crippen LogP contribution is -2.39. The maximum absolute atomic E-state index is 12.1. The van der Waals surface area contributed by atoms with E-state index in [1.54, 1.807) is 0 Å². The Labute approximate surface area is 143 Å². The minimum absolute atomic E-state index is 0.180. The average molecular weight is 338 g/mol. The van der Waals surface area contributed by atoms with E-state index in [0.29, 0.717) is 12.3 Å². The molecule has 0 bridgehead atoms. The van der Waals surface area contributed by atoms with Gasteiger partial charge < -0.3 is 10.2 Å². The molecule has 1 atom stereocenters. The lowest BCUT2D eigenvalue weighted by atomic mass is 10.1. The van der Waals surface area contributed by atoms with E-state index in [4.69, 9.17) is 0 Å². The van der Waals surface area contributed by atoms with Gasteiger partial charge in [-0.1, -0.05) is 24.3 Å². The quantitative estimate of drug-likeness (QED) is 0.641. The predicted octanol–water partition coefficient (Wildman–Crippen LogP) is 2.94. The molecule has 130 valence electrons. The number of hydrogen-bond donors (Lipinski definition) is 1. The Bertz CT molecular complexity index is 549. The van der Waals surface area contributed by atoms with E-state index in [1.165, 1.54) is 11.1 Å². The molecule has 0 amide bonds. The van der Waals surface area contributed by atoms with Crippen LogP contribution in [0.25, 0.3) is 0 Å². The van der Waals surface area contributed by atoms with Crippen LogP contribution in [0.1, 0.15) is 38.8 Å². The van der Waals surface area contributed by atoms with E-state index in [-0.39, 0.29) is 4.75 Å². The van der Waals surface area contributed by atoms with E-state index in [1.807, 2.05) is 27.8 Å². The zero-order chi connectivity index (χ0) is 17.5. The molecule has 0 aliphatic heterocycles. The summed E-state index contributed by atoms with van der Waals surface area (Å²) in [5, 5.41) is 3.31. The van der Waals surface area contributed by atoms with Crippen molar-refractivity contribution in [1.82, 2.24) is 10.2 Å². The minimum Gasteiger partial charge on any atom is -0.357 e. The monoisotopic (exact) mass is 337 g/mol. The fraction of sp³-hybridized carbons (Fsp3) is 0.611. The van der Waals surface area contributed by atoms with Crippen molar-refractivity contribution in [2.24, 2.45) is 4.99 Å². The molecule has 0 aromatic heterocycles. The van der Waals surface area contributed by atoms with Crippen LogP contribution in [0, 0.1) is 6.92 Å². The molecule has 0 heterocycles. The third kappa shape index (κ3) is 6.73. The fourth-order valence-corrected chi connectivity index (χ4v) is 3.00. The fourth-order valence-electron chi connectivity index (χ4n) is 2.13. The largest absolute Gasteiger partial charge is 0.357 e. The molecular formula is C18H31N3OS. The third-order valence-corrected chi connectivity index (χ3v) is 5.51. The summed E-state index contributed by atoms with van der Waals surface area (Å²) in [7, 11) is 1.17. The van der Waals surface area contributed by atoms with Crippen molar-refractivity contribution in [2.45, 2.75) is 45.9 Å². The second kappa shape index (κ2) is 9.06. The molecule has 0 saturated carbocycles. The van der Waals surface area contributed by atoms with Gasteiger partial charge in [0.15, 0.2) is 5.96 Å². The van der Waals surface area contributed by atoms with Gasteiger partial charge in [-0.05, 0) is 45.7 Å². The van der Waals surface area contributed by atoms with Crippen LogP contribution < -0.4 is 5.32 Å². The first-order chi connectivity index (χ1) is 10.8. The highest BCUT2D eigenvalue weighted by atomic mass is 32.2. The maximum atomic E-state index is 12.1. The highest BCUT2D eigenvalue weighted by Gasteiger charge is 2.18. The molecule has 0 radical (unpaired) electrons. The van der Waals surface area contributed by atoms with Gasteiger partial charge in [-0.25, -0.2) is 0 Å². The molecule has 1 aromatic carbocycles. The number of nitrogens with zero attached hydrogens (tertiary/aromatic N) is 2. The molecule has 1 aromatic rings. The van der Waals surface area contributed by atoms with Crippen LogP contribution in [0.2, 0.25) is 0 Å². The van der Waals surface area contributed by atoms with E-state index in [9.17, 15) is 4.21 Å². The Morgan fingerprint density at radius 1 is 1.30 bits per heavy atom. The van der Waals surface area contributed by atoms with Gasteiger partial charge >= 0.3 is 0 Å². The molecule has 1 unspecified atom stereocenters. The van der Waals surface area contributed by atoms with Gasteiger partial charge in [0.2, 0.25) is 0 Å². The molecule has 1 N–H and O–H groups in total. The van der Waals surface area contributed by atoms with Gasteiger partial charge in [0.25, 0.3) is 0 Å². The Morgan fingerprint density at radius 3 is 2.52 bits per heavy atom. The van der Waals surface area contributed by atoms with Crippen LogP contribution in [0.3, 0.4) is 0 Å². The standard InChI is InChI=1S/C18H31N3OS/c1-7-19-17(20-12-13-23(22)18(3,4)5)21(6)14-16-11-9-8-10-15(16)2/h8-11H,7,12-14H2,1-6H3,(H,19,20). The minimum atomic E-state index is -0.866. The molecule has 4 nitrogen and oxygen atoms in total. The van der Waals surface area contributed by atoms with Crippen molar-refractivity contribution >= 4 is 16.8 Å². The molecule has 5 heteroatoms. The Balaban J connectivity index is 2.71. The van der Waals surface area contributed by atoms with E-state index < -0.39 is 10.8 Å². The van der Waals surface area contributed by atoms with Gasteiger partial charge in [0.1, 0.15) is 0 Å². The summed E-state index contributed by atoms with van der Waals surface area (Å²) in [6.45, 7) is 12.4. The van der Waals surface area contributed by atoms with Crippen molar-refractivity contribution in [3.63, 3.8) is 0 Å².